The molecule has 2 N–H and O–H groups in total. The zero-order chi connectivity index (χ0) is 20.1. The first-order valence-corrected chi connectivity index (χ1v) is 9.66. The second kappa shape index (κ2) is 8.97. The minimum absolute atomic E-state index is 0.0301. The Bertz CT molecular complexity index is 815. The molecule has 1 heterocycles. The van der Waals surface area contributed by atoms with Gasteiger partial charge in [-0.2, -0.15) is 0 Å². The van der Waals surface area contributed by atoms with Crippen molar-refractivity contribution in [1.29, 1.82) is 0 Å². The van der Waals surface area contributed by atoms with Crippen LogP contribution in [0.25, 0.3) is 0 Å². The van der Waals surface area contributed by atoms with Gasteiger partial charge in [0.05, 0.1) is 17.9 Å². The van der Waals surface area contributed by atoms with E-state index in [1.165, 1.54) is 11.3 Å². The highest BCUT2D eigenvalue weighted by atomic mass is 16.5. The average molecular weight is 383 g/mol. The SMILES string of the molecule is CNc1ccc(Nc2ccc(N3CC(C)OC(C)C3)c(C)c2)cc1OCC=O. The van der Waals surface area contributed by atoms with Crippen LogP contribution in [0, 0.1) is 6.92 Å². The Hall–Kier alpha value is -2.73. The summed E-state index contributed by atoms with van der Waals surface area (Å²) in [6, 6.07) is 12.2. The zero-order valence-electron chi connectivity index (χ0n) is 17.0. The molecule has 1 aliphatic rings. The van der Waals surface area contributed by atoms with Crippen LogP contribution in [0.1, 0.15) is 19.4 Å². The van der Waals surface area contributed by atoms with Gasteiger partial charge in [0.25, 0.3) is 0 Å². The molecule has 2 unspecified atom stereocenters. The van der Waals surface area contributed by atoms with Gasteiger partial charge in [-0.25, -0.2) is 0 Å². The maximum Gasteiger partial charge on any atom is 0.157 e. The minimum Gasteiger partial charge on any atom is -0.484 e. The number of hydrogen-bond donors (Lipinski definition) is 2. The molecule has 0 spiro atoms. The van der Waals surface area contributed by atoms with E-state index < -0.39 is 0 Å². The van der Waals surface area contributed by atoms with Gasteiger partial charge in [0.1, 0.15) is 12.4 Å². The molecule has 0 radical (unpaired) electrons. The molecule has 1 aliphatic heterocycles. The summed E-state index contributed by atoms with van der Waals surface area (Å²) in [6.07, 6.45) is 1.21. The van der Waals surface area contributed by atoms with E-state index in [4.69, 9.17) is 9.47 Å². The Kier molecular flexibility index (Phi) is 6.41. The van der Waals surface area contributed by atoms with E-state index in [2.05, 4.69) is 54.5 Å². The van der Waals surface area contributed by atoms with Gasteiger partial charge in [-0.15, -0.1) is 0 Å². The lowest BCUT2D eigenvalue weighted by Crippen LogP contribution is -2.45. The summed E-state index contributed by atoms with van der Waals surface area (Å²) in [4.78, 5) is 13.0. The number of benzene rings is 2. The standard InChI is InChI=1S/C22H29N3O3/c1-15-11-18(6-8-21(15)25-13-16(2)28-17(3)14-25)24-19-5-7-20(23-4)22(12-19)27-10-9-26/h5-9,11-12,16-17,23-24H,10,13-14H2,1-4H3. The number of ether oxygens (including phenoxy) is 2. The Labute approximate surface area is 166 Å². The first kappa shape index (κ1) is 20.0. The molecule has 6 nitrogen and oxygen atoms in total. The van der Waals surface area contributed by atoms with Crippen LogP contribution in [-0.2, 0) is 9.53 Å². The smallest absolute Gasteiger partial charge is 0.157 e. The van der Waals surface area contributed by atoms with Crippen molar-refractivity contribution in [2.24, 2.45) is 0 Å². The molecule has 2 aromatic rings. The van der Waals surface area contributed by atoms with Gasteiger partial charge in [0.2, 0.25) is 0 Å². The van der Waals surface area contributed by atoms with E-state index in [1.807, 2.05) is 25.2 Å². The van der Waals surface area contributed by atoms with Gasteiger partial charge in [0.15, 0.2) is 6.29 Å². The summed E-state index contributed by atoms with van der Waals surface area (Å²) in [5.41, 5.74) is 5.22. The number of aryl methyl sites for hydroxylation is 1. The third-order valence-electron chi connectivity index (χ3n) is 4.80. The second-order valence-corrected chi connectivity index (χ2v) is 7.23. The molecule has 1 saturated heterocycles. The molecular weight excluding hydrogens is 354 g/mol. The third kappa shape index (κ3) is 4.75. The fourth-order valence-corrected chi connectivity index (χ4v) is 3.68. The summed E-state index contributed by atoms with van der Waals surface area (Å²) < 4.78 is 11.4. The van der Waals surface area contributed by atoms with E-state index in [9.17, 15) is 4.79 Å². The Morgan fingerprint density at radius 3 is 2.46 bits per heavy atom. The molecule has 0 aliphatic carbocycles. The summed E-state index contributed by atoms with van der Waals surface area (Å²) in [5, 5.41) is 6.49. The number of morpholine rings is 1. The molecule has 1 fully saturated rings. The van der Waals surface area contributed by atoms with Crippen molar-refractivity contribution in [1.82, 2.24) is 0 Å². The molecular formula is C22H29N3O3. The number of nitrogens with zero attached hydrogens (tertiary/aromatic N) is 1. The summed E-state index contributed by atoms with van der Waals surface area (Å²) in [7, 11) is 1.83. The van der Waals surface area contributed by atoms with Crippen molar-refractivity contribution in [2.75, 3.05) is 42.3 Å². The lowest BCUT2D eigenvalue weighted by molar-refractivity contribution is -0.109. The van der Waals surface area contributed by atoms with Gasteiger partial charge >= 0.3 is 0 Å². The van der Waals surface area contributed by atoms with Gasteiger partial charge in [0, 0.05) is 43.3 Å². The van der Waals surface area contributed by atoms with Crippen molar-refractivity contribution in [3.05, 3.63) is 42.0 Å². The Morgan fingerprint density at radius 2 is 1.82 bits per heavy atom. The predicted octanol–water partition coefficient (Wildman–Crippen LogP) is 3.97. The first-order valence-electron chi connectivity index (χ1n) is 9.66. The minimum atomic E-state index is 0.0301. The monoisotopic (exact) mass is 383 g/mol. The highest BCUT2D eigenvalue weighted by molar-refractivity contribution is 5.70. The van der Waals surface area contributed by atoms with Crippen molar-refractivity contribution < 1.29 is 14.3 Å². The molecule has 6 heteroatoms. The number of carbonyl (C=O) groups is 1. The number of carbonyl (C=O) groups excluding carboxylic acids is 1. The van der Waals surface area contributed by atoms with Crippen LogP contribution < -0.4 is 20.3 Å². The van der Waals surface area contributed by atoms with Crippen LogP contribution in [0.3, 0.4) is 0 Å². The molecule has 2 atom stereocenters. The van der Waals surface area contributed by atoms with Gasteiger partial charge < -0.3 is 25.0 Å². The van der Waals surface area contributed by atoms with E-state index in [0.29, 0.717) is 5.75 Å². The predicted molar refractivity (Wildman–Crippen MR) is 114 cm³/mol. The van der Waals surface area contributed by atoms with E-state index >= 15 is 0 Å². The van der Waals surface area contributed by atoms with Crippen molar-refractivity contribution in [3.63, 3.8) is 0 Å². The van der Waals surface area contributed by atoms with E-state index in [-0.39, 0.29) is 18.8 Å². The van der Waals surface area contributed by atoms with Crippen LogP contribution in [0.2, 0.25) is 0 Å². The highest BCUT2D eigenvalue weighted by Crippen LogP contribution is 2.31. The summed E-state index contributed by atoms with van der Waals surface area (Å²) >= 11 is 0. The molecule has 150 valence electrons. The number of aldehydes is 1. The lowest BCUT2D eigenvalue weighted by Gasteiger charge is -2.37. The van der Waals surface area contributed by atoms with Crippen LogP contribution in [0.15, 0.2) is 36.4 Å². The first-order chi connectivity index (χ1) is 13.5. The van der Waals surface area contributed by atoms with Crippen LogP contribution in [0.4, 0.5) is 22.7 Å². The number of rotatable bonds is 7. The van der Waals surface area contributed by atoms with Crippen LogP contribution >= 0.6 is 0 Å². The summed E-state index contributed by atoms with van der Waals surface area (Å²) in [5.74, 6) is 0.643. The van der Waals surface area contributed by atoms with Gasteiger partial charge in [-0.3, -0.25) is 4.79 Å². The van der Waals surface area contributed by atoms with Crippen molar-refractivity contribution >= 4 is 29.0 Å². The molecule has 0 saturated carbocycles. The topological polar surface area (TPSA) is 62.8 Å². The fraction of sp³-hybridized carbons (Fsp3) is 0.409. The van der Waals surface area contributed by atoms with Crippen molar-refractivity contribution in [2.45, 2.75) is 33.0 Å². The van der Waals surface area contributed by atoms with E-state index in [0.717, 1.165) is 36.4 Å². The molecule has 28 heavy (non-hydrogen) atoms. The molecule has 0 amide bonds. The number of hydrogen-bond acceptors (Lipinski definition) is 6. The third-order valence-corrected chi connectivity index (χ3v) is 4.80. The fourth-order valence-electron chi connectivity index (χ4n) is 3.68. The summed E-state index contributed by atoms with van der Waals surface area (Å²) in [6.45, 7) is 8.21. The maximum atomic E-state index is 10.6. The second-order valence-electron chi connectivity index (χ2n) is 7.23. The molecule has 0 aromatic heterocycles. The Balaban J connectivity index is 1.76. The number of nitrogens with one attached hydrogen (secondary N) is 2. The maximum absolute atomic E-state index is 10.6. The number of anilines is 4. The largest absolute Gasteiger partial charge is 0.484 e. The molecule has 2 aromatic carbocycles. The van der Waals surface area contributed by atoms with E-state index in [1.54, 1.807) is 0 Å². The molecule has 3 rings (SSSR count). The highest BCUT2D eigenvalue weighted by Gasteiger charge is 2.23. The zero-order valence-corrected chi connectivity index (χ0v) is 17.0. The van der Waals surface area contributed by atoms with Crippen LogP contribution in [-0.4, -0.2) is 45.2 Å². The van der Waals surface area contributed by atoms with Crippen LogP contribution in [0.5, 0.6) is 5.75 Å². The van der Waals surface area contributed by atoms with Crippen molar-refractivity contribution in [3.8, 4) is 5.75 Å². The lowest BCUT2D eigenvalue weighted by atomic mass is 10.1. The van der Waals surface area contributed by atoms with Gasteiger partial charge in [-0.1, -0.05) is 0 Å². The quantitative estimate of drug-likeness (QED) is 0.706. The molecule has 0 bridgehead atoms. The van der Waals surface area contributed by atoms with Gasteiger partial charge in [-0.05, 0) is 56.7 Å². The average Bonchev–Trinajstić information content (AvgIpc) is 2.66. The Morgan fingerprint density at radius 1 is 1.14 bits per heavy atom. The normalized spacial score (nSPS) is 19.2.